The number of amides is 1. The highest BCUT2D eigenvalue weighted by atomic mass is 16.5. The monoisotopic (exact) mass is 284 g/mol. The van der Waals surface area contributed by atoms with Crippen molar-refractivity contribution in [3.63, 3.8) is 0 Å². The summed E-state index contributed by atoms with van der Waals surface area (Å²) in [5.41, 5.74) is 4.02. The summed E-state index contributed by atoms with van der Waals surface area (Å²) in [5.74, 6) is 0.109. The van der Waals surface area contributed by atoms with Crippen LogP contribution in [-0.4, -0.2) is 23.8 Å². The molecule has 5 heteroatoms. The highest BCUT2D eigenvalue weighted by molar-refractivity contribution is 5.85. The molecule has 0 aliphatic heterocycles. The molecule has 108 valence electrons. The minimum absolute atomic E-state index is 0.453. The van der Waals surface area contributed by atoms with Crippen LogP contribution in [0.4, 0.5) is 0 Å². The number of hydrogen-bond donors (Lipinski definition) is 2. The van der Waals surface area contributed by atoms with Gasteiger partial charge in [-0.05, 0) is 17.7 Å². The first-order valence-corrected chi connectivity index (χ1v) is 6.48. The minimum Gasteiger partial charge on any atom is -0.488 e. The Kier molecular flexibility index (Phi) is 5.49. The Balaban J connectivity index is 2.01. The van der Waals surface area contributed by atoms with Crippen molar-refractivity contribution >= 4 is 12.1 Å². The van der Waals surface area contributed by atoms with E-state index in [9.17, 15) is 4.79 Å². The van der Waals surface area contributed by atoms with Gasteiger partial charge in [-0.25, -0.2) is 5.43 Å². The maximum Gasteiger partial charge on any atom is 0.265 e. The molecule has 2 aromatic rings. The SMILES string of the molecule is O=C(CO)N/N=C\c1ccccc1OCc1ccccc1. The van der Waals surface area contributed by atoms with Crippen molar-refractivity contribution in [1.82, 2.24) is 5.43 Å². The van der Waals surface area contributed by atoms with Crippen LogP contribution in [0.5, 0.6) is 5.75 Å². The molecule has 0 fully saturated rings. The molecule has 21 heavy (non-hydrogen) atoms. The van der Waals surface area contributed by atoms with Crippen molar-refractivity contribution in [2.24, 2.45) is 5.10 Å². The molecule has 2 N–H and O–H groups in total. The van der Waals surface area contributed by atoms with Gasteiger partial charge < -0.3 is 9.84 Å². The molecule has 1 amide bonds. The van der Waals surface area contributed by atoms with Gasteiger partial charge in [0, 0.05) is 5.56 Å². The van der Waals surface area contributed by atoms with Gasteiger partial charge in [0.1, 0.15) is 19.0 Å². The predicted octanol–water partition coefficient (Wildman–Crippen LogP) is 1.71. The molecule has 0 aliphatic rings. The third kappa shape index (κ3) is 4.74. The number of benzene rings is 2. The Bertz CT molecular complexity index is 612. The molecule has 0 heterocycles. The second-order valence-electron chi connectivity index (χ2n) is 4.26. The summed E-state index contributed by atoms with van der Waals surface area (Å²) in [7, 11) is 0. The van der Waals surface area contributed by atoms with Crippen molar-refractivity contribution in [2.75, 3.05) is 6.61 Å². The Hall–Kier alpha value is -2.66. The lowest BCUT2D eigenvalue weighted by molar-refractivity contribution is -0.123. The van der Waals surface area contributed by atoms with Crippen LogP contribution in [0.15, 0.2) is 59.7 Å². The molecule has 0 aliphatic carbocycles. The number of hydrogen-bond acceptors (Lipinski definition) is 4. The highest BCUT2D eigenvalue weighted by Crippen LogP contribution is 2.17. The van der Waals surface area contributed by atoms with E-state index in [2.05, 4.69) is 10.5 Å². The molecule has 0 aromatic heterocycles. The third-order valence-electron chi connectivity index (χ3n) is 2.69. The molecular formula is C16H16N2O3. The largest absolute Gasteiger partial charge is 0.488 e. The summed E-state index contributed by atoms with van der Waals surface area (Å²) >= 11 is 0. The van der Waals surface area contributed by atoms with Crippen molar-refractivity contribution < 1.29 is 14.6 Å². The molecule has 0 unspecified atom stereocenters. The summed E-state index contributed by atoms with van der Waals surface area (Å²) in [6.45, 7) is -0.141. The molecule has 0 saturated carbocycles. The first kappa shape index (κ1) is 14.7. The van der Waals surface area contributed by atoms with Crippen LogP contribution >= 0.6 is 0 Å². The summed E-state index contributed by atoms with van der Waals surface area (Å²) < 4.78 is 5.75. The molecular weight excluding hydrogens is 268 g/mol. The maximum atomic E-state index is 10.9. The van der Waals surface area contributed by atoms with Gasteiger partial charge in [0.25, 0.3) is 5.91 Å². The summed E-state index contributed by atoms with van der Waals surface area (Å²) in [5, 5.41) is 12.3. The number of nitrogens with zero attached hydrogens (tertiary/aromatic N) is 1. The van der Waals surface area contributed by atoms with Gasteiger partial charge in [-0.1, -0.05) is 42.5 Å². The van der Waals surface area contributed by atoms with Gasteiger partial charge in [-0.15, -0.1) is 0 Å². The van der Waals surface area contributed by atoms with Gasteiger partial charge in [0.05, 0.1) is 6.21 Å². The zero-order valence-electron chi connectivity index (χ0n) is 11.4. The molecule has 0 radical (unpaired) electrons. The van der Waals surface area contributed by atoms with E-state index in [0.29, 0.717) is 12.4 Å². The molecule has 0 bridgehead atoms. The van der Waals surface area contributed by atoms with E-state index in [1.54, 1.807) is 0 Å². The first-order valence-electron chi connectivity index (χ1n) is 6.48. The minimum atomic E-state index is -0.594. The van der Waals surface area contributed by atoms with Crippen LogP contribution in [0.25, 0.3) is 0 Å². The number of para-hydroxylation sites is 1. The summed E-state index contributed by atoms with van der Waals surface area (Å²) in [4.78, 5) is 10.9. The number of nitrogens with one attached hydrogen (secondary N) is 1. The Morgan fingerprint density at radius 1 is 1.14 bits per heavy atom. The van der Waals surface area contributed by atoms with Crippen LogP contribution in [0.1, 0.15) is 11.1 Å². The zero-order chi connectivity index (χ0) is 14.9. The number of rotatable bonds is 6. The lowest BCUT2D eigenvalue weighted by Crippen LogP contribution is -2.20. The maximum absolute atomic E-state index is 10.9. The second kappa shape index (κ2) is 7.81. The quantitative estimate of drug-likeness (QED) is 0.626. The second-order valence-corrected chi connectivity index (χ2v) is 4.26. The lowest BCUT2D eigenvalue weighted by atomic mass is 10.2. The van der Waals surface area contributed by atoms with Crippen LogP contribution in [0.2, 0.25) is 0 Å². The number of hydrazone groups is 1. The summed E-state index contributed by atoms with van der Waals surface area (Å²) in [6, 6.07) is 17.2. The van der Waals surface area contributed by atoms with Gasteiger partial charge in [-0.3, -0.25) is 4.79 Å². The number of carbonyl (C=O) groups excluding carboxylic acids is 1. The molecule has 0 spiro atoms. The van der Waals surface area contributed by atoms with Gasteiger partial charge in [0.15, 0.2) is 0 Å². The zero-order valence-corrected chi connectivity index (χ0v) is 11.4. The number of aliphatic hydroxyl groups is 1. The molecule has 2 aromatic carbocycles. The van der Waals surface area contributed by atoms with Crippen LogP contribution in [0, 0.1) is 0 Å². The molecule has 5 nitrogen and oxygen atoms in total. The average molecular weight is 284 g/mol. The van der Waals surface area contributed by atoms with Crippen molar-refractivity contribution in [2.45, 2.75) is 6.61 Å². The van der Waals surface area contributed by atoms with E-state index in [-0.39, 0.29) is 0 Å². The molecule has 0 saturated heterocycles. The summed E-state index contributed by atoms with van der Waals surface area (Å²) in [6.07, 6.45) is 1.48. The number of aliphatic hydroxyl groups excluding tert-OH is 1. The van der Waals surface area contributed by atoms with Crippen LogP contribution in [-0.2, 0) is 11.4 Å². The Morgan fingerprint density at radius 3 is 2.62 bits per heavy atom. The van der Waals surface area contributed by atoms with Gasteiger partial charge in [-0.2, -0.15) is 5.10 Å². The molecule has 2 rings (SSSR count). The lowest BCUT2D eigenvalue weighted by Gasteiger charge is -2.08. The fraction of sp³-hybridized carbons (Fsp3) is 0.125. The van der Waals surface area contributed by atoms with Crippen molar-refractivity contribution in [1.29, 1.82) is 0 Å². The molecule has 0 atom stereocenters. The van der Waals surface area contributed by atoms with Crippen LogP contribution in [0.3, 0.4) is 0 Å². The number of ether oxygens (including phenoxy) is 1. The topological polar surface area (TPSA) is 70.9 Å². The Morgan fingerprint density at radius 2 is 1.86 bits per heavy atom. The van der Waals surface area contributed by atoms with Gasteiger partial charge in [0.2, 0.25) is 0 Å². The van der Waals surface area contributed by atoms with Crippen molar-refractivity contribution in [3.05, 3.63) is 65.7 Å². The van der Waals surface area contributed by atoms with E-state index < -0.39 is 12.5 Å². The normalized spacial score (nSPS) is 10.5. The Labute approximate surface area is 122 Å². The van der Waals surface area contributed by atoms with Crippen LogP contribution < -0.4 is 10.2 Å². The van der Waals surface area contributed by atoms with E-state index >= 15 is 0 Å². The van der Waals surface area contributed by atoms with E-state index in [1.165, 1.54) is 6.21 Å². The third-order valence-corrected chi connectivity index (χ3v) is 2.69. The van der Waals surface area contributed by atoms with E-state index in [4.69, 9.17) is 9.84 Å². The highest BCUT2D eigenvalue weighted by Gasteiger charge is 2.01. The van der Waals surface area contributed by atoms with Crippen molar-refractivity contribution in [3.8, 4) is 5.75 Å². The predicted molar refractivity (Wildman–Crippen MR) is 80.0 cm³/mol. The fourth-order valence-corrected chi connectivity index (χ4v) is 1.66. The average Bonchev–Trinajstić information content (AvgIpc) is 2.54. The smallest absolute Gasteiger partial charge is 0.265 e. The van der Waals surface area contributed by atoms with E-state index in [1.807, 2.05) is 54.6 Å². The fourth-order valence-electron chi connectivity index (χ4n) is 1.66. The first-order chi connectivity index (χ1) is 10.3. The van der Waals surface area contributed by atoms with E-state index in [0.717, 1.165) is 11.1 Å². The number of carbonyl (C=O) groups is 1. The van der Waals surface area contributed by atoms with Gasteiger partial charge >= 0.3 is 0 Å². The standard InChI is InChI=1S/C16H16N2O3/c19-11-16(20)18-17-10-14-8-4-5-9-15(14)21-12-13-6-2-1-3-7-13/h1-10,19H,11-12H2,(H,18,20)/b17-10-.